The number of aliphatic hydroxyl groups is 1. The van der Waals surface area contributed by atoms with Crippen molar-refractivity contribution in [1.82, 2.24) is 4.98 Å². The lowest BCUT2D eigenvalue weighted by atomic mass is 9.77. The van der Waals surface area contributed by atoms with E-state index in [0.29, 0.717) is 5.92 Å². The maximum Gasteiger partial charge on any atom is 0.0824 e. The predicted molar refractivity (Wildman–Crippen MR) is 77.8 cm³/mol. The monoisotopic (exact) mass is 255 g/mol. The lowest BCUT2D eigenvalue weighted by Crippen LogP contribution is -2.20. The third-order valence-corrected chi connectivity index (χ3v) is 4.46. The van der Waals surface area contributed by atoms with E-state index < -0.39 is 0 Å². The molecule has 0 radical (unpaired) electrons. The molecule has 2 aromatic rings. The molecule has 3 atom stereocenters. The first-order chi connectivity index (χ1) is 9.25. The average Bonchev–Trinajstić information content (AvgIpc) is 2.46. The van der Waals surface area contributed by atoms with Gasteiger partial charge in [-0.25, -0.2) is 0 Å². The Morgan fingerprint density at radius 2 is 2.16 bits per heavy atom. The Morgan fingerprint density at radius 1 is 1.26 bits per heavy atom. The van der Waals surface area contributed by atoms with E-state index in [2.05, 4.69) is 18.0 Å². The Kier molecular flexibility index (Phi) is 3.52. The van der Waals surface area contributed by atoms with E-state index in [4.69, 9.17) is 0 Å². The van der Waals surface area contributed by atoms with Gasteiger partial charge in [0, 0.05) is 17.8 Å². The molecule has 2 heteroatoms. The normalized spacial score (nSPS) is 25.4. The quantitative estimate of drug-likeness (QED) is 0.876. The second-order valence-electron chi connectivity index (χ2n) is 5.92. The summed E-state index contributed by atoms with van der Waals surface area (Å²) in [7, 11) is 0. The number of rotatable bonds is 2. The van der Waals surface area contributed by atoms with Crippen molar-refractivity contribution in [3.05, 3.63) is 42.2 Å². The Hall–Kier alpha value is -1.41. The summed E-state index contributed by atoms with van der Waals surface area (Å²) >= 11 is 0. The molecular formula is C17H21NO. The Balaban J connectivity index is 1.95. The number of fused-ring (bicyclic) bond motifs is 1. The highest BCUT2D eigenvalue weighted by Gasteiger charge is 2.27. The minimum Gasteiger partial charge on any atom is -0.388 e. The van der Waals surface area contributed by atoms with Gasteiger partial charge in [0.25, 0.3) is 0 Å². The van der Waals surface area contributed by atoms with Crippen molar-refractivity contribution in [3.63, 3.8) is 0 Å². The fourth-order valence-electron chi connectivity index (χ4n) is 3.42. The molecule has 1 aliphatic carbocycles. The number of hydrogen-bond donors (Lipinski definition) is 1. The number of aromatic nitrogens is 1. The van der Waals surface area contributed by atoms with Crippen molar-refractivity contribution in [2.24, 2.45) is 11.8 Å². The molecule has 19 heavy (non-hydrogen) atoms. The maximum atomic E-state index is 10.7. The van der Waals surface area contributed by atoms with Crippen molar-refractivity contribution in [3.8, 4) is 0 Å². The zero-order valence-corrected chi connectivity index (χ0v) is 11.4. The summed E-state index contributed by atoms with van der Waals surface area (Å²) in [6.07, 6.45) is 8.16. The number of benzene rings is 1. The number of pyridine rings is 1. The van der Waals surface area contributed by atoms with Crippen molar-refractivity contribution in [1.29, 1.82) is 0 Å². The molecule has 1 fully saturated rings. The molecule has 1 aromatic carbocycles. The number of aliphatic hydroxyl groups excluding tert-OH is 1. The standard InChI is InChI=1S/C17H21NO/c1-12-4-2-6-14(10-12)17(19)15-7-3-5-13-8-9-18-11-16(13)15/h3,5,7-9,11-12,14,17,19H,2,4,6,10H2,1H3. The van der Waals surface area contributed by atoms with E-state index in [1.807, 2.05) is 24.4 Å². The molecule has 3 unspecified atom stereocenters. The minimum atomic E-state index is -0.351. The van der Waals surface area contributed by atoms with E-state index in [-0.39, 0.29) is 6.10 Å². The van der Waals surface area contributed by atoms with Gasteiger partial charge in [-0.2, -0.15) is 0 Å². The van der Waals surface area contributed by atoms with Crippen molar-refractivity contribution in [2.45, 2.75) is 38.7 Å². The van der Waals surface area contributed by atoms with Crippen LogP contribution in [0.15, 0.2) is 36.7 Å². The third kappa shape index (κ3) is 2.50. The van der Waals surface area contributed by atoms with Crippen LogP contribution < -0.4 is 0 Å². The van der Waals surface area contributed by atoms with Gasteiger partial charge in [-0.15, -0.1) is 0 Å². The van der Waals surface area contributed by atoms with Gasteiger partial charge in [-0.1, -0.05) is 38.0 Å². The summed E-state index contributed by atoms with van der Waals surface area (Å²) in [5.41, 5.74) is 1.05. The molecule has 1 heterocycles. The van der Waals surface area contributed by atoms with E-state index in [9.17, 15) is 5.11 Å². The fraction of sp³-hybridized carbons (Fsp3) is 0.471. The molecule has 0 spiro atoms. The predicted octanol–water partition coefficient (Wildman–Crippen LogP) is 4.09. The second-order valence-corrected chi connectivity index (χ2v) is 5.92. The van der Waals surface area contributed by atoms with E-state index >= 15 is 0 Å². The summed E-state index contributed by atoms with van der Waals surface area (Å²) < 4.78 is 0. The summed E-state index contributed by atoms with van der Waals surface area (Å²) in [4.78, 5) is 4.20. The van der Waals surface area contributed by atoms with E-state index in [1.165, 1.54) is 12.8 Å². The van der Waals surface area contributed by atoms with Gasteiger partial charge >= 0.3 is 0 Å². The third-order valence-electron chi connectivity index (χ3n) is 4.46. The van der Waals surface area contributed by atoms with Crippen LogP contribution in [0.25, 0.3) is 10.8 Å². The molecule has 0 amide bonds. The maximum absolute atomic E-state index is 10.7. The topological polar surface area (TPSA) is 33.1 Å². The summed E-state index contributed by atoms with van der Waals surface area (Å²) in [5.74, 6) is 1.14. The summed E-state index contributed by atoms with van der Waals surface area (Å²) in [6.45, 7) is 2.30. The van der Waals surface area contributed by atoms with Crippen molar-refractivity contribution in [2.75, 3.05) is 0 Å². The first-order valence-electron chi connectivity index (χ1n) is 7.26. The van der Waals surface area contributed by atoms with Gasteiger partial charge in [0.05, 0.1) is 6.10 Å². The van der Waals surface area contributed by atoms with Crippen LogP contribution >= 0.6 is 0 Å². The SMILES string of the molecule is CC1CCCC(C(O)c2cccc3ccncc23)C1. The number of hydrogen-bond acceptors (Lipinski definition) is 2. The van der Waals surface area contributed by atoms with Crippen molar-refractivity contribution < 1.29 is 5.11 Å². The van der Waals surface area contributed by atoms with Crippen LogP contribution in [0.4, 0.5) is 0 Å². The largest absolute Gasteiger partial charge is 0.388 e. The first kappa shape index (κ1) is 12.6. The molecule has 1 aliphatic rings. The lowest BCUT2D eigenvalue weighted by molar-refractivity contribution is 0.0725. The van der Waals surface area contributed by atoms with E-state index in [1.54, 1.807) is 6.20 Å². The molecule has 2 nitrogen and oxygen atoms in total. The van der Waals surface area contributed by atoms with Crippen LogP contribution in [0.2, 0.25) is 0 Å². The highest BCUT2D eigenvalue weighted by atomic mass is 16.3. The smallest absolute Gasteiger partial charge is 0.0824 e. The average molecular weight is 255 g/mol. The van der Waals surface area contributed by atoms with Gasteiger partial charge in [-0.05, 0) is 41.7 Å². The van der Waals surface area contributed by atoms with Crippen LogP contribution in [0, 0.1) is 11.8 Å². The molecular weight excluding hydrogens is 234 g/mol. The second kappa shape index (κ2) is 5.30. The van der Waals surface area contributed by atoms with Gasteiger partial charge in [-0.3, -0.25) is 4.98 Å². The molecule has 1 saturated carbocycles. The molecule has 1 N–H and O–H groups in total. The van der Waals surface area contributed by atoms with Gasteiger partial charge in [0.2, 0.25) is 0 Å². The Morgan fingerprint density at radius 3 is 3.00 bits per heavy atom. The molecule has 1 aromatic heterocycles. The lowest BCUT2D eigenvalue weighted by Gasteiger charge is -2.31. The molecule has 0 saturated heterocycles. The van der Waals surface area contributed by atoms with Crippen LogP contribution in [-0.2, 0) is 0 Å². The Labute approximate surface area is 114 Å². The van der Waals surface area contributed by atoms with Crippen LogP contribution in [-0.4, -0.2) is 10.1 Å². The van der Waals surface area contributed by atoms with E-state index in [0.717, 1.165) is 35.1 Å². The zero-order chi connectivity index (χ0) is 13.2. The summed E-state index contributed by atoms with van der Waals surface area (Å²) in [5, 5.41) is 13.0. The first-order valence-corrected chi connectivity index (χ1v) is 7.26. The fourth-order valence-corrected chi connectivity index (χ4v) is 3.42. The highest BCUT2D eigenvalue weighted by Crippen LogP contribution is 2.38. The highest BCUT2D eigenvalue weighted by molar-refractivity contribution is 5.85. The zero-order valence-electron chi connectivity index (χ0n) is 11.4. The van der Waals surface area contributed by atoms with Gasteiger partial charge < -0.3 is 5.11 Å². The molecule has 3 rings (SSSR count). The molecule has 0 bridgehead atoms. The van der Waals surface area contributed by atoms with Gasteiger partial charge in [0.15, 0.2) is 0 Å². The van der Waals surface area contributed by atoms with Crippen LogP contribution in [0.5, 0.6) is 0 Å². The minimum absolute atomic E-state index is 0.351. The number of nitrogens with zero attached hydrogens (tertiary/aromatic N) is 1. The Bertz CT molecular complexity index is 561. The van der Waals surface area contributed by atoms with Crippen LogP contribution in [0.1, 0.15) is 44.3 Å². The van der Waals surface area contributed by atoms with Crippen LogP contribution in [0.3, 0.4) is 0 Å². The summed E-state index contributed by atoms with van der Waals surface area (Å²) in [6, 6.07) is 8.17. The molecule has 0 aliphatic heterocycles. The van der Waals surface area contributed by atoms with Gasteiger partial charge in [0.1, 0.15) is 0 Å². The molecule has 100 valence electrons. The van der Waals surface area contributed by atoms with Crippen molar-refractivity contribution >= 4 is 10.8 Å².